The van der Waals surface area contributed by atoms with E-state index in [0.717, 1.165) is 19.0 Å². The van der Waals surface area contributed by atoms with Crippen LogP contribution in [-0.4, -0.2) is 45.5 Å². The molecular weight excluding hydrogens is 396 g/mol. The van der Waals surface area contributed by atoms with E-state index in [0.29, 0.717) is 30.4 Å². The van der Waals surface area contributed by atoms with E-state index in [1.54, 1.807) is 6.20 Å². The maximum absolute atomic E-state index is 5.31. The first-order chi connectivity index (χ1) is 14.8. The van der Waals surface area contributed by atoms with Crippen LogP contribution in [0.3, 0.4) is 0 Å². The summed E-state index contributed by atoms with van der Waals surface area (Å²) in [6, 6.07) is 16.2. The van der Waals surface area contributed by atoms with Gasteiger partial charge in [0.1, 0.15) is 5.69 Å². The number of benzene rings is 1. The van der Waals surface area contributed by atoms with E-state index in [4.69, 9.17) is 9.52 Å². The predicted octanol–water partition coefficient (Wildman–Crippen LogP) is 3.55. The van der Waals surface area contributed by atoms with Gasteiger partial charge in [0.25, 0.3) is 5.89 Å². The smallest absolute Gasteiger partial charge is 0.276 e. The maximum Gasteiger partial charge on any atom is 0.276 e. The van der Waals surface area contributed by atoms with Gasteiger partial charge in [0.15, 0.2) is 11.8 Å². The van der Waals surface area contributed by atoms with E-state index in [1.165, 1.54) is 17.7 Å². The van der Waals surface area contributed by atoms with Gasteiger partial charge in [-0.2, -0.15) is 4.98 Å². The number of aromatic nitrogens is 3. The highest BCUT2D eigenvalue weighted by Crippen LogP contribution is 2.51. The number of rotatable bonds is 9. The minimum Gasteiger partial charge on any atom is -0.357 e. The lowest BCUT2D eigenvalue weighted by molar-refractivity contribution is 0.421. The first-order valence-electron chi connectivity index (χ1n) is 10.3. The van der Waals surface area contributed by atoms with Crippen LogP contribution in [0.5, 0.6) is 0 Å². The SMILES string of the molecule is CCNC(=NCC1(Sc2ccccc2)CC1)NCCc1noc(-c2ccccn2)n1. The Balaban J connectivity index is 1.29. The first kappa shape index (κ1) is 20.4. The van der Waals surface area contributed by atoms with Gasteiger partial charge in [0.05, 0.1) is 6.54 Å². The topological polar surface area (TPSA) is 88.2 Å². The normalized spacial score (nSPS) is 15.0. The number of hydrogen-bond acceptors (Lipinski definition) is 6. The van der Waals surface area contributed by atoms with Crippen LogP contribution >= 0.6 is 11.8 Å². The van der Waals surface area contributed by atoms with Crippen molar-refractivity contribution in [3.8, 4) is 11.6 Å². The molecule has 4 rings (SSSR count). The van der Waals surface area contributed by atoms with Gasteiger partial charge < -0.3 is 15.2 Å². The molecule has 8 heteroatoms. The van der Waals surface area contributed by atoms with Gasteiger partial charge in [-0.1, -0.05) is 29.4 Å². The number of thioether (sulfide) groups is 1. The lowest BCUT2D eigenvalue weighted by Crippen LogP contribution is -2.39. The lowest BCUT2D eigenvalue weighted by Gasteiger charge is -2.15. The van der Waals surface area contributed by atoms with Crippen molar-refractivity contribution in [2.45, 2.75) is 35.8 Å². The lowest BCUT2D eigenvalue weighted by atomic mass is 10.3. The molecule has 1 aliphatic rings. The van der Waals surface area contributed by atoms with E-state index in [1.807, 2.05) is 30.0 Å². The summed E-state index contributed by atoms with van der Waals surface area (Å²) in [6.45, 7) is 4.36. The van der Waals surface area contributed by atoms with Crippen LogP contribution in [0.2, 0.25) is 0 Å². The summed E-state index contributed by atoms with van der Waals surface area (Å²) in [5.74, 6) is 1.92. The summed E-state index contributed by atoms with van der Waals surface area (Å²) in [5.41, 5.74) is 0.685. The molecule has 0 unspecified atom stereocenters. The molecule has 1 saturated carbocycles. The predicted molar refractivity (Wildman–Crippen MR) is 119 cm³/mol. The third-order valence-electron chi connectivity index (χ3n) is 4.75. The number of guanidine groups is 1. The molecule has 0 saturated heterocycles. The molecule has 0 radical (unpaired) electrons. The van der Waals surface area contributed by atoms with Gasteiger partial charge in [-0.25, -0.2) is 0 Å². The van der Waals surface area contributed by atoms with E-state index in [9.17, 15) is 0 Å². The molecular formula is C22H26N6OS. The molecule has 2 N–H and O–H groups in total. The molecule has 0 atom stereocenters. The standard InChI is InChI=1S/C22H26N6OS/c1-2-23-21(26-16-22(12-13-22)30-17-8-4-3-5-9-17)25-15-11-19-27-20(29-28-19)18-10-6-7-14-24-18/h3-10,14H,2,11-13,15-16H2,1H3,(H2,23,25,26). The summed E-state index contributed by atoms with van der Waals surface area (Å²) < 4.78 is 5.54. The summed E-state index contributed by atoms with van der Waals surface area (Å²) in [4.78, 5) is 14.8. The quantitative estimate of drug-likeness (QED) is 0.403. The molecule has 1 aromatic carbocycles. The van der Waals surface area contributed by atoms with Crippen LogP contribution in [0, 0.1) is 0 Å². The molecule has 0 bridgehead atoms. The summed E-state index contributed by atoms with van der Waals surface area (Å²) in [5, 5.41) is 10.7. The third-order valence-corrected chi connectivity index (χ3v) is 6.23. The molecule has 30 heavy (non-hydrogen) atoms. The molecule has 0 aliphatic heterocycles. The summed E-state index contributed by atoms with van der Waals surface area (Å²) in [7, 11) is 0. The summed E-state index contributed by atoms with van der Waals surface area (Å²) in [6.07, 6.45) is 4.76. The van der Waals surface area contributed by atoms with Crippen LogP contribution in [-0.2, 0) is 6.42 Å². The number of pyridine rings is 1. The van der Waals surface area contributed by atoms with Crippen molar-refractivity contribution >= 4 is 17.7 Å². The number of nitrogens with one attached hydrogen (secondary N) is 2. The fourth-order valence-corrected chi connectivity index (χ4v) is 4.21. The molecule has 2 aromatic heterocycles. The zero-order chi connectivity index (χ0) is 20.7. The van der Waals surface area contributed by atoms with Gasteiger partial charge in [-0.05, 0) is 44.0 Å². The van der Waals surface area contributed by atoms with Crippen LogP contribution in [0.25, 0.3) is 11.6 Å². The summed E-state index contributed by atoms with van der Waals surface area (Å²) >= 11 is 1.94. The second-order valence-corrected chi connectivity index (χ2v) is 8.74. The van der Waals surface area contributed by atoms with Gasteiger partial charge in [0, 0.05) is 35.3 Å². The molecule has 7 nitrogen and oxygen atoms in total. The number of hydrogen-bond donors (Lipinski definition) is 2. The van der Waals surface area contributed by atoms with Crippen LogP contribution in [0.1, 0.15) is 25.6 Å². The van der Waals surface area contributed by atoms with Crippen molar-refractivity contribution in [2.24, 2.45) is 4.99 Å². The van der Waals surface area contributed by atoms with Crippen molar-refractivity contribution in [2.75, 3.05) is 19.6 Å². The van der Waals surface area contributed by atoms with Crippen LogP contribution in [0.15, 0.2) is 69.1 Å². The van der Waals surface area contributed by atoms with E-state index >= 15 is 0 Å². The second-order valence-electron chi connectivity index (χ2n) is 7.20. The molecule has 1 aliphatic carbocycles. The van der Waals surface area contributed by atoms with Crippen molar-refractivity contribution in [1.82, 2.24) is 25.8 Å². The minimum absolute atomic E-state index is 0.231. The van der Waals surface area contributed by atoms with Crippen molar-refractivity contribution in [1.29, 1.82) is 0 Å². The number of aliphatic imine (C=N–C) groups is 1. The Morgan fingerprint density at radius 1 is 1.13 bits per heavy atom. The highest BCUT2D eigenvalue weighted by Gasteiger charge is 2.43. The zero-order valence-corrected chi connectivity index (χ0v) is 17.9. The van der Waals surface area contributed by atoms with Gasteiger partial charge in [0.2, 0.25) is 0 Å². The van der Waals surface area contributed by atoms with E-state index in [2.05, 4.69) is 63.0 Å². The Morgan fingerprint density at radius 2 is 1.97 bits per heavy atom. The van der Waals surface area contributed by atoms with Crippen molar-refractivity contribution in [3.05, 3.63) is 60.6 Å². The highest BCUT2D eigenvalue weighted by molar-refractivity contribution is 8.01. The van der Waals surface area contributed by atoms with E-state index < -0.39 is 0 Å². The molecule has 156 valence electrons. The Morgan fingerprint density at radius 3 is 2.70 bits per heavy atom. The van der Waals surface area contributed by atoms with E-state index in [-0.39, 0.29) is 4.75 Å². The second kappa shape index (κ2) is 9.75. The Hall–Kier alpha value is -2.87. The van der Waals surface area contributed by atoms with Crippen molar-refractivity contribution < 1.29 is 4.52 Å². The Kier molecular flexibility index (Phi) is 6.63. The zero-order valence-electron chi connectivity index (χ0n) is 17.0. The molecule has 2 heterocycles. The highest BCUT2D eigenvalue weighted by atomic mass is 32.2. The maximum atomic E-state index is 5.31. The van der Waals surface area contributed by atoms with Crippen LogP contribution in [0.4, 0.5) is 0 Å². The van der Waals surface area contributed by atoms with Gasteiger partial charge in [-0.15, -0.1) is 11.8 Å². The molecule has 0 amide bonds. The minimum atomic E-state index is 0.231. The average Bonchev–Trinajstić information content (AvgIpc) is 3.38. The Bertz CT molecular complexity index is 956. The molecule has 0 spiro atoms. The fourth-order valence-electron chi connectivity index (χ4n) is 2.98. The van der Waals surface area contributed by atoms with Crippen molar-refractivity contribution in [3.63, 3.8) is 0 Å². The third kappa shape index (κ3) is 5.60. The average molecular weight is 423 g/mol. The largest absolute Gasteiger partial charge is 0.357 e. The first-order valence-corrected chi connectivity index (χ1v) is 11.1. The van der Waals surface area contributed by atoms with Crippen LogP contribution < -0.4 is 10.6 Å². The number of nitrogens with zero attached hydrogens (tertiary/aromatic N) is 4. The fraction of sp³-hybridized carbons (Fsp3) is 0.364. The molecule has 3 aromatic rings. The van der Waals surface area contributed by atoms with Gasteiger partial charge in [-0.3, -0.25) is 9.98 Å². The van der Waals surface area contributed by atoms with Gasteiger partial charge >= 0.3 is 0 Å². The monoisotopic (exact) mass is 422 g/mol. The Labute approximate surface area is 180 Å². The molecule has 1 fully saturated rings.